The molecule has 0 aliphatic heterocycles. The van der Waals surface area contributed by atoms with Gasteiger partial charge >= 0.3 is 0 Å². The third-order valence-corrected chi connectivity index (χ3v) is 4.08. The second-order valence-electron chi connectivity index (χ2n) is 6.01. The fraction of sp³-hybridized carbons (Fsp3) is 0.111. The number of nitrogens with one attached hydrogen (secondary N) is 3. The van der Waals surface area contributed by atoms with E-state index in [1.165, 1.54) is 12.1 Å². The maximum absolute atomic E-state index is 10.8. The van der Waals surface area contributed by atoms with Crippen molar-refractivity contribution < 1.29 is 4.92 Å². The lowest BCUT2D eigenvalue weighted by atomic mass is 10.2. The molecule has 2 aromatic heterocycles. The van der Waals surface area contributed by atoms with Crippen molar-refractivity contribution in [3.05, 3.63) is 75.8 Å². The quantitative estimate of drug-likeness (QED) is 0.331. The number of aromatic nitrogens is 5. The lowest BCUT2D eigenvalue weighted by Crippen LogP contribution is -2.08. The fourth-order valence-corrected chi connectivity index (χ4v) is 2.65. The third-order valence-electron chi connectivity index (χ3n) is 4.08. The lowest BCUT2D eigenvalue weighted by molar-refractivity contribution is -0.384. The molecule has 2 aromatic carbocycles. The van der Waals surface area contributed by atoms with Gasteiger partial charge in [-0.25, -0.2) is 0 Å². The van der Waals surface area contributed by atoms with Crippen LogP contribution in [0.1, 0.15) is 11.1 Å². The van der Waals surface area contributed by atoms with E-state index in [-0.39, 0.29) is 5.69 Å². The van der Waals surface area contributed by atoms with E-state index in [0.29, 0.717) is 36.0 Å². The van der Waals surface area contributed by atoms with E-state index in [1.807, 2.05) is 30.3 Å². The molecular weight excluding hydrogens is 360 g/mol. The van der Waals surface area contributed by atoms with Gasteiger partial charge in [0.15, 0.2) is 11.3 Å². The lowest BCUT2D eigenvalue weighted by Gasteiger charge is -2.09. The minimum absolute atomic E-state index is 0.0528. The van der Waals surface area contributed by atoms with E-state index in [9.17, 15) is 10.1 Å². The molecule has 3 N–H and O–H groups in total. The molecule has 10 nitrogen and oxygen atoms in total. The van der Waals surface area contributed by atoms with Crippen LogP contribution in [0, 0.1) is 10.1 Å². The summed E-state index contributed by atoms with van der Waals surface area (Å²) in [6, 6.07) is 16.2. The number of fused-ring (bicyclic) bond motifs is 1. The molecule has 0 radical (unpaired) electrons. The maximum atomic E-state index is 10.8. The molecule has 0 spiro atoms. The summed E-state index contributed by atoms with van der Waals surface area (Å²) in [6.07, 6.45) is 0. The molecule has 0 saturated heterocycles. The highest BCUT2D eigenvalue weighted by atomic mass is 16.6. The van der Waals surface area contributed by atoms with E-state index in [0.717, 1.165) is 11.1 Å². The minimum Gasteiger partial charge on any atom is -0.364 e. The van der Waals surface area contributed by atoms with Crippen molar-refractivity contribution in [3.8, 4) is 0 Å². The summed E-state index contributed by atoms with van der Waals surface area (Å²) in [5.74, 6) is 0.948. The number of aromatic amines is 1. The van der Waals surface area contributed by atoms with Crippen LogP contribution in [0.15, 0.2) is 54.6 Å². The van der Waals surface area contributed by atoms with Crippen LogP contribution in [-0.2, 0) is 13.1 Å². The SMILES string of the molecule is O=[N+]([O-])c1ccc(CNc2nc(NCc3ccccc3)nc3n[nH]nc23)cc1. The summed E-state index contributed by atoms with van der Waals surface area (Å²) in [6.45, 7) is 1.00. The van der Waals surface area contributed by atoms with Crippen molar-refractivity contribution in [2.45, 2.75) is 13.1 Å². The number of nitro groups is 1. The Kier molecular flexibility index (Phi) is 4.74. The van der Waals surface area contributed by atoms with Crippen LogP contribution in [-0.4, -0.2) is 30.3 Å². The smallest absolute Gasteiger partial charge is 0.269 e. The molecule has 0 fully saturated rings. The first-order valence-corrected chi connectivity index (χ1v) is 8.52. The van der Waals surface area contributed by atoms with Crippen molar-refractivity contribution in [1.82, 2.24) is 25.4 Å². The zero-order valence-corrected chi connectivity index (χ0v) is 14.7. The second-order valence-corrected chi connectivity index (χ2v) is 6.01. The highest BCUT2D eigenvalue weighted by molar-refractivity contribution is 5.82. The van der Waals surface area contributed by atoms with Crippen molar-refractivity contribution in [2.24, 2.45) is 0 Å². The van der Waals surface area contributed by atoms with Gasteiger partial charge in [0.05, 0.1) is 4.92 Å². The van der Waals surface area contributed by atoms with Crippen molar-refractivity contribution in [1.29, 1.82) is 0 Å². The van der Waals surface area contributed by atoms with Gasteiger partial charge in [-0.15, -0.1) is 5.10 Å². The molecule has 0 atom stereocenters. The number of hydrogen-bond acceptors (Lipinski definition) is 8. The molecule has 0 unspecified atom stereocenters. The largest absolute Gasteiger partial charge is 0.364 e. The normalized spacial score (nSPS) is 10.7. The number of benzene rings is 2. The maximum Gasteiger partial charge on any atom is 0.269 e. The molecule has 0 amide bonds. The van der Waals surface area contributed by atoms with Gasteiger partial charge in [0, 0.05) is 25.2 Å². The van der Waals surface area contributed by atoms with E-state index < -0.39 is 4.92 Å². The van der Waals surface area contributed by atoms with Gasteiger partial charge in [0.25, 0.3) is 5.69 Å². The summed E-state index contributed by atoms with van der Waals surface area (Å²) >= 11 is 0. The molecule has 4 aromatic rings. The standard InChI is InChI=1S/C18H16N8O2/c27-26(28)14-8-6-13(7-9-14)10-19-16-15-17(24-25-23-15)22-18(21-16)20-11-12-4-2-1-3-5-12/h1-9H,10-11H2,(H3,19,20,21,22,23,24,25). The number of H-pyrrole nitrogens is 1. The van der Waals surface area contributed by atoms with E-state index in [4.69, 9.17) is 0 Å². The molecule has 10 heteroatoms. The van der Waals surface area contributed by atoms with E-state index >= 15 is 0 Å². The molecule has 0 saturated carbocycles. The van der Waals surface area contributed by atoms with Gasteiger partial charge < -0.3 is 10.6 Å². The first kappa shape index (κ1) is 17.3. The third kappa shape index (κ3) is 3.85. The van der Waals surface area contributed by atoms with E-state index in [2.05, 4.69) is 36.0 Å². The molecule has 140 valence electrons. The van der Waals surface area contributed by atoms with Crippen LogP contribution in [0.2, 0.25) is 0 Å². The van der Waals surface area contributed by atoms with Crippen LogP contribution in [0.4, 0.5) is 17.5 Å². The zero-order valence-electron chi connectivity index (χ0n) is 14.7. The Morgan fingerprint density at radius 1 is 0.893 bits per heavy atom. The first-order valence-electron chi connectivity index (χ1n) is 8.52. The number of nitro benzene ring substituents is 1. The summed E-state index contributed by atoms with van der Waals surface area (Å²) in [4.78, 5) is 19.2. The highest BCUT2D eigenvalue weighted by Gasteiger charge is 2.12. The Morgan fingerprint density at radius 3 is 2.36 bits per heavy atom. The molecule has 0 aliphatic carbocycles. The van der Waals surface area contributed by atoms with Gasteiger partial charge in [-0.05, 0) is 11.1 Å². The van der Waals surface area contributed by atoms with Crippen LogP contribution < -0.4 is 10.6 Å². The molecule has 2 heterocycles. The predicted molar refractivity (Wildman–Crippen MR) is 104 cm³/mol. The van der Waals surface area contributed by atoms with Gasteiger partial charge in [0.1, 0.15) is 0 Å². The van der Waals surface area contributed by atoms with Crippen molar-refractivity contribution in [2.75, 3.05) is 10.6 Å². The molecule has 4 rings (SSSR count). The van der Waals surface area contributed by atoms with Crippen molar-refractivity contribution >= 4 is 28.6 Å². The van der Waals surface area contributed by atoms with Crippen LogP contribution >= 0.6 is 0 Å². The Bertz CT molecular complexity index is 1100. The molecule has 0 aliphatic rings. The van der Waals surface area contributed by atoms with Gasteiger partial charge in [-0.1, -0.05) is 42.5 Å². The van der Waals surface area contributed by atoms with E-state index in [1.54, 1.807) is 12.1 Å². The number of hydrogen-bond donors (Lipinski definition) is 3. The summed E-state index contributed by atoms with van der Waals surface area (Å²) in [5, 5.41) is 27.8. The Balaban J connectivity index is 1.50. The minimum atomic E-state index is -0.425. The number of anilines is 2. The Morgan fingerprint density at radius 2 is 1.61 bits per heavy atom. The Hall–Kier alpha value is -4.08. The van der Waals surface area contributed by atoms with Crippen LogP contribution in [0.3, 0.4) is 0 Å². The van der Waals surface area contributed by atoms with Crippen molar-refractivity contribution in [3.63, 3.8) is 0 Å². The average Bonchev–Trinajstić information content (AvgIpc) is 3.20. The number of rotatable bonds is 7. The van der Waals surface area contributed by atoms with Crippen LogP contribution in [0.25, 0.3) is 11.2 Å². The summed E-state index contributed by atoms with van der Waals surface area (Å²) in [7, 11) is 0. The second kappa shape index (κ2) is 7.66. The van der Waals surface area contributed by atoms with Gasteiger partial charge in [-0.2, -0.15) is 20.3 Å². The number of nitrogens with zero attached hydrogens (tertiary/aromatic N) is 5. The number of non-ortho nitro benzene ring substituents is 1. The molecule has 28 heavy (non-hydrogen) atoms. The fourth-order valence-electron chi connectivity index (χ4n) is 2.65. The monoisotopic (exact) mass is 376 g/mol. The van der Waals surface area contributed by atoms with Gasteiger partial charge in [0.2, 0.25) is 11.6 Å². The molecular formula is C18H16N8O2. The van der Waals surface area contributed by atoms with Gasteiger partial charge in [-0.3, -0.25) is 10.1 Å². The average molecular weight is 376 g/mol. The summed E-state index contributed by atoms with van der Waals surface area (Å²) in [5.41, 5.74) is 2.99. The summed E-state index contributed by atoms with van der Waals surface area (Å²) < 4.78 is 0. The van der Waals surface area contributed by atoms with Crippen LogP contribution in [0.5, 0.6) is 0 Å². The zero-order chi connectivity index (χ0) is 19.3. The topological polar surface area (TPSA) is 135 Å². The first-order chi connectivity index (χ1) is 13.7. The molecule has 0 bridgehead atoms. The predicted octanol–water partition coefficient (Wildman–Crippen LogP) is 2.88. The highest BCUT2D eigenvalue weighted by Crippen LogP contribution is 2.20. The Labute approximate surface area is 159 Å².